The average molecular weight is 302 g/mol. The van der Waals surface area contributed by atoms with Crippen molar-refractivity contribution in [2.75, 3.05) is 6.61 Å². The molecule has 0 aromatic heterocycles. The van der Waals surface area contributed by atoms with Crippen LogP contribution in [0, 0.1) is 0 Å². The largest absolute Gasteiger partial charge is 0.457 e. The Hall–Kier alpha value is -0.730. The highest BCUT2D eigenvalue weighted by Crippen LogP contribution is 2.41. The molecule has 3 aliphatic rings. The topological polar surface area (TPSA) is 72.5 Å². The summed E-state index contributed by atoms with van der Waals surface area (Å²) in [6.07, 6.45) is -2.40. The van der Waals surface area contributed by atoms with Gasteiger partial charge in [-0.25, -0.2) is 0 Å². The lowest BCUT2D eigenvalue weighted by atomic mass is 10.1. The van der Waals surface area contributed by atoms with Gasteiger partial charge in [-0.05, 0) is 27.7 Å². The van der Waals surface area contributed by atoms with Gasteiger partial charge >= 0.3 is 5.97 Å². The van der Waals surface area contributed by atoms with Gasteiger partial charge in [0, 0.05) is 6.92 Å². The molecule has 3 saturated heterocycles. The smallest absolute Gasteiger partial charge is 0.303 e. The second-order valence-electron chi connectivity index (χ2n) is 6.51. The van der Waals surface area contributed by atoms with E-state index in [0.29, 0.717) is 6.61 Å². The van der Waals surface area contributed by atoms with Crippen LogP contribution >= 0.6 is 0 Å². The lowest BCUT2D eigenvalue weighted by Gasteiger charge is -2.28. The molecule has 3 unspecified atom stereocenters. The molecule has 0 saturated carbocycles. The van der Waals surface area contributed by atoms with E-state index in [1.165, 1.54) is 6.92 Å². The molecule has 3 heterocycles. The van der Waals surface area contributed by atoms with Gasteiger partial charge in [-0.1, -0.05) is 0 Å². The Balaban J connectivity index is 1.77. The fourth-order valence-corrected chi connectivity index (χ4v) is 3.01. The van der Waals surface area contributed by atoms with Gasteiger partial charge < -0.3 is 28.4 Å². The lowest BCUT2D eigenvalue weighted by molar-refractivity contribution is -0.235. The van der Waals surface area contributed by atoms with E-state index in [4.69, 9.17) is 28.4 Å². The highest BCUT2D eigenvalue weighted by molar-refractivity contribution is 5.66. The van der Waals surface area contributed by atoms with E-state index >= 15 is 0 Å². The molecular formula is C14H22O7. The third kappa shape index (κ3) is 2.93. The quantitative estimate of drug-likeness (QED) is 0.703. The standard InChI is InChI=1S/C14H22O7/c1-7(15)17-10-9(8-6-16-13(2,3)19-8)18-12-11(10)20-14(4,5)21-12/h8-12H,6H2,1-5H3/t8?,9-,10?,11?,12+/m0/s1. The minimum atomic E-state index is -0.759. The number of carbonyl (C=O) groups excluding carboxylic acids is 1. The molecule has 0 amide bonds. The predicted molar refractivity (Wildman–Crippen MR) is 69.2 cm³/mol. The number of hydrogen-bond acceptors (Lipinski definition) is 7. The Morgan fingerprint density at radius 1 is 1.05 bits per heavy atom. The molecule has 0 aromatic carbocycles. The molecule has 0 radical (unpaired) electrons. The van der Waals surface area contributed by atoms with Crippen LogP contribution in [0.3, 0.4) is 0 Å². The van der Waals surface area contributed by atoms with E-state index in [1.807, 2.05) is 13.8 Å². The van der Waals surface area contributed by atoms with Crippen molar-refractivity contribution in [3.8, 4) is 0 Å². The van der Waals surface area contributed by atoms with Crippen molar-refractivity contribution in [1.82, 2.24) is 0 Å². The van der Waals surface area contributed by atoms with Crippen LogP contribution in [-0.2, 0) is 33.2 Å². The number of carbonyl (C=O) groups is 1. The molecule has 0 bridgehead atoms. The maximum absolute atomic E-state index is 11.4. The number of hydrogen-bond donors (Lipinski definition) is 0. The van der Waals surface area contributed by atoms with Crippen molar-refractivity contribution in [3.63, 3.8) is 0 Å². The van der Waals surface area contributed by atoms with Crippen molar-refractivity contribution < 1.29 is 33.2 Å². The predicted octanol–water partition coefficient (Wildman–Crippen LogP) is 0.946. The fraction of sp³-hybridized carbons (Fsp3) is 0.929. The normalized spacial score (nSPS) is 43.8. The zero-order valence-electron chi connectivity index (χ0n) is 13.0. The zero-order chi connectivity index (χ0) is 15.4. The van der Waals surface area contributed by atoms with Crippen LogP contribution in [0.15, 0.2) is 0 Å². The first-order valence-electron chi connectivity index (χ1n) is 7.17. The summed E-state index contributed by atoms with van der Waals surface area (Å²) < 4.78 is 34.2. The Labute approximate surface area is 123 Å². The van der Waals surface area contributed by atoms with Gasteiger partial charge in [0.15, 0.2) is 30.1 Å². The Bertz CT molecular complexity index is 433. The number of esters is 1. The molecule has 0 spiro atoms. The summed E-state index contributed by atoms with van der Waals surface area (Å²) >= 11 is 0. The molecule has 7 heteroatoms. The summed E-state index contributed by atoms with van der Waals surface area (Å²) in [5, 5.41) is 0. The van der Waals surface area contributed by atoms with E-state index in [9.17, 15) is 4.79 Å². The molecular weight excluding hydrogens is 280 g/mol. The minimum Gasteiger partial charge on any atom is -0.457 e. The SMILES string of the molecule is CC(=O)OC1C2OC(C)(C)O[C@H]2O[C@H]1C1COC(C)(C)O1. The van der Waals surface area contributed by atoms with Crippen molar-refractivity contribution in [3.05, 3.63) is 0 Å². The fourth-order valence-electron chi connectivity index (χ4n) is 3.01. The van der Waals surface area contributed by atoms with Crippen LogP contribution in [0.2, 0.25) is 0 Å². The molecule has 5 atom stereocenters. The summed E-state index contributed by atoms with van der Waals surface area (Å²) in [6, 6.07) is 0. The summed E-state index contributed by atoms with van der Waals surface area (Å²) in [5.41, 5.74) is 0. The van der Waals surface area contributed by atoms with Crippen molar-refractivity contribution in [2.45, 2.75) is 76.9 Å². The first kappa shape index (κ1) is 15.2. The maximum atomic E-state index is 11.4. The van der Waals surface area contributed by atoms with Gasteiger partial charge in [0.2, 0.25) is 0 Å². The highest BCUT2D eigenvalue weighted by Gasteiger charge is 2.59. The van der Waals surface area contributed by atoms with Crippen molar-refractivity contribution in [2.24, 2.45) is 0 Å². The van der Waals surface area contributed by atoms with Crippen LogP contribution in [0.5, 0.6) is 0 Å². The van der Waals surface area contributed by atoms with E-state index in [-0.39, 0.29) is 12.1 Å². The molecule has 3 aliphatic heterocycles. The molecule has 3 rings (SSSR count). The number of rotatable bonds is 2. The molecule has 0 N–H and O–H groups in total. The van der Waals surface area contributed by atoms with Gasteiger partial charge in [0.1, 0.15) is 12.2 Å². The molecule has 0 aliphatic carbocycles. The number of ether oxygens (including phenoxy) is 6. The van der Waals surface area contributed by atoms with E-state index in [0.717, 1.165) is 0 Å². The third-order valence-corrected chi connectivity index (χ3v) is 3.73. The van der Waals surface area contributed by atoms with Gasteiger partial charge in [0.05, 0.1) is 6.61 Å². The van der Waals surface area contributed by atoms with Crippen LogP contribution in [0.25, 0.3) is 0 Å². The van der Waals surface area contributed by atoms with E-state index < -0.39 is 36.2 Å². The van der Waals surface area contributed by atoms with Gasteiger partial charge in [-0.2, -0.15) is 0 Å². The van der Waals surface area contributed by atoms with Crippen molar-refractivity contribution >= 4 is 5.97 Å². The molecule has 21 heavy (non-hydrogen) atoms. The molecule has 3 fully saturated rings. The Kier molecular flexibility index (Phi) is 3.53. The Morgan fingerprint density at radius 2 is 1.76 bits per heavy atom. The summed E-state index contributed by atoms with van der Waals surface area (Å²) in [7, 11) is 0. The maximum Gasteiger partial charge on any atom is 0.303 e. The second-order valence-corrected chi connectivity index (χ2v) is 6.51. The van der Waals surface area contributed by atoms with E-state index in [1.54, 1.807) is 13.8 Å². The zero-order valence-corrected chi connectivity index (χ0v) is 13.0. The Morgan fingerprint density at radius 3 is 2.33 bits per heavy atom. The van der Waals surface area contributed by atoms with Crippen LogP contribution in [0.1, 0.15) is 34.6 Å². The lowest BCUT2D eigenvalue weighted by Crippen LogP contribution is -2.44. The summed E-state index contributed by atoms with van der Waals surface area (Å²) in [5.74, 6) is -1.82. The number of fused-ring (bicyclic) bond motifs is 1. The third-order valence-electron chi connectivity index (χ3n) is 3.73. The highest BCUT2D eigenvalue weighted by atomic mass is 16.8. The van der Waals surface area contributed by atoms with E-state index in [2.05, 4.69) is 0 Å². The van der Waals surface area contributed by atoms with Crippen LogP contribution in [0.4, 0.5) is 0 Å². The second kappa shape index (κ2) is 4.89. The molecule has 0 aromatic rings. The monoisotopic (exact) mass is 302 g/mol. The first-order valence-corrected chi connectivity index (χ1v) is 7.17. The van der Waals surface area contributed by atoms with Crippen LogP contribution in [-0.4, -0.2) is 54.9 Å². The van der Waals surface area contributed by atoms with Gasteiger partial charge in [-0.15, -0.1) is 0 Å². The summed E-state index contributed by atoms with van der Waals surface area (Å²) in [6.45, 7) is 9.00. The molecule has 120 valence electrons. The first-order chi connectivity index (χ1) is 9.67. The van der Waals surface area contributed by atoms with Crippen molar-refractivity contribution in [1.29, 1.82) is 0 Å². The minimum absolute atomic E-state index is 0.328. The molecule has 7 nitrogen and oxygen atoms in total. The average Bonchev–Trinajstić information content (AvgIpc) is 2.90. The van der Waals surface area contributed by atoms with Gasteiger partial charge in [0.25, 0.3) is 0 Å². The van der Waals surface area contributed by atoms with Crippen LogP contribution < -0.4 is 0 Å². The van der Waals surface area contributed by atoms with Gasteiger partial charge in [-0.3, -0.25) is 4.79 Å². The summed E-state index contributed by atoms with van der Waals surface area (Å²) in [4.78, 5) is 11.4.